The van der Waals surface area contributed by atoms with Crippen molar-refractivity contribution < 1.29 is 4.58 Å². The largest absolute Gasteiger partial charge is 0.204 e. The van der Waals surface area contributed by atoms with E-state index >= 15 is 0 Å². The topological polar surface area (TPSA) is 3.01 Å². The summed E-state index contributed by atoms with van der Waals surface area (Å²) in [5.41, 5.74) is 4.07. The van der Waals surface area contributed by atoms with E-state index in [4.69, 9.17) is 0 Å². The molecule has 1 heteroatoms. The number of benzene rings is 1. The molecular weight excluding hydrogens is 206 g/mol. The smallest absolute Gasteiger partial charge is 0.196 e. The molecule has 1 aliphatic carbocycles. The van der Waals surface area contributed by atoms with Gasteiger partial charge in [-0.05, 0) is 18.1 Å². The Balaban J connectivity index is 2.17. The molecule has 17 heavy (non-hydrogen) atoms. The van der Waals surface area contributed by atoms with E-state index in [0.717, 1.165) is 6.42 Å². The van der Waals surface area contributed by atoms with Crippen molar-refractivity contribution in [1.82, 2.24) is 0 Å². The SMILES string of the molecule is C[N+]1=CC=CC2CC=CC(c3ccccc3)=C21. The molecule has 1 aliphatic heterocycles. The van der Waals surface area contributed by atoms with E-state index in [2.05, 4.69) is 72.5 Å². The van der Waals surface area contributed by atoms with Gasteiger partial charge in [0.1, 0.15) is 7.05 Å². The van der Waals surface area contributed by atoms with Crippen molar-refractivity contribution in [2.45, 2.75) is 6.42 Å². The van der Waals surface area contributed by atoms with Crippen LogP contribution in [0.1, 0.15) is 12.0 Å². The molecule has 2 aliphatic rings. The molecule has 84 valence electrons. The third kappa shape index (κ3) is 1.78. The summed E-state index contributed by atoms with van der Waals surface area (Å²) in [6.45, 7) is 0. The van der Waals surface area contributed by atoms with Crippen LogP contribution < -0.4 is 0 Å². The Morgan fingerprint density at radius 1 is 1.18 bits per heavy atom. The molecule has 1 aromatic rings. The molecule has 0 spiro atoms. The van der Waals surface area contributed by atoms with Crippen molar-refractivity contribution in [1.29, 1.82) is 0 Å². The predicted octanol–water partition coefficient (Wildman–Crippen LogP) is 3.26. The monoisotopic (exact) mass is 222 g/mol. The highest BCUT2D eigenvalue weighted by atomic mass is 15.0. The van der Waals surface area contributed by atoms with Gasteiger partial charge < -0.3 is 0 Å². The fourth-order valence-corrected chi connectivity index (χ4v) is 2.61. The molecule has 0 saturated carbocycles. The minimum absolute atomic E-state index is 0.533. The number of allylic oxidation sites excluding steroid dienone is 5. The molecular formula is C16H16N+. The van der Waals surface area contributed by atoms with Gasteiger partial charge in [0.2, 0.25) is 0 Å². The van der Waals surface area contributed by atoms with E-state index < -0.39 is 0 Å². The van der Waals surface area contributed by atoms with Gasteiger partial charge in [-0.25, -0.2) is 4.58 Å². The second-order valence-electron chi connectivity index (χ2n) is 4.55. The Bertz CT molecular complexity index is 544. The maximum Gasteiger partial charge on any atom is 0.196 e. The van der Waals surface area contributed by atoms with Crippen LogP contribution in [0.3, 0.4) is 0 Å². The van der Waals surface area contributed by atoms with Gasteiger partial charge in [0.25, 0.3) is 0 Å². The van der Waals surface area contributed by atoms with Gasteiger partial charge in [-0.1, -0.05) is 48.6 Å². The average molecular weight is 222 g/mol. The lowest BCUT2D eigenvalue weighted by Gasteiger charge is -2.20. The molecule has 1 nitrogen and oxygen atoms in total. The number of fused-ring (bicyclic) bond motifs is 1. The van der Waals surface area contributed by atoms with Crippen molar-refractivity contribution in [3.05, 3.63) is 65.9 Å². The van der Waals surface area contributed by atoms with Crippen molar-refractivity contribution in [3.8, 4) is 0 Å². The van der Waals surface area contributed by atoms with Crippen LogP contribution in [0, 0.1) is 5.92 Å². The lowest BCUT2D eigenvalue weighted by atomic mass is 9.87. The fourth-order valence-electron chi connectivity index (χ4n) is 2.61. The highest BCUT2D eigenvalue weighted by Crippen LogP contribution is 2.33. The molecule has 0 saturated heterocycles. The number of hydrogen-bond donors (Lipinski definition) is 0. The highest BCUT2D eigenvalue weighted by molar-refractivity contribution is 5.79. The minimum Gasteiger partial charge on any atom is -0.204 e. The molecule has 0 bridgehead atoms. The van der Waals surface area contributed by atoms with Gasteiger partial charge in [0.05, 0.1) is 5.92 Å². The number of rotatable bonds is 1. The third-order valence-corrected chi connectivity index (χ3v) is 3.42. The first-order valence-corrected chi connectivity index (χ1v) is 6.07. The van der Waals surface area contributed by atoms with Gasteiger partial charge in [-0.15, -0.1) is 0 Å². The van der Waals surface area contributed by atoms with E-state index in [1.165, 1.54) is 16.8 Å². The minimum atomic E-state index is 0.533. The fraction of sp³-hybridized carbons (Fsp3) is 0.188. The molecule has 3 rings (SSSR count). The van der Waals surface area contributed by atoms with E-state index in [-0.39, 0.29) is 0 Å². The Kier molecular flexibility index (Phi) is 2.52. The van der Waals surface area contributed by atoms with Gasteiger partial charge in [0.15, 0.2) is 11.9 Å². The molecule has 1 heterocycles. The normalized spacial score (nSPS) is 22.4. The first-order valence-electron chi connectivity index (χ1n) is 6.07. The first kappa shape index (κ1) is 10.3. The maximum absolute atomic E-state index is 2.29. The molecule has 0 N–H and O–H groups in total. The van der Waals surface area contributed by atoms with Crippen LogP contribution in [0.4, 0.5) is 0 Å². The summed E-state index contributed by atoms with van der Waals surface area (Å²) in [6.07, 6.45) is 12.2. The first-order chi connectivity index (χ1) is 8.36. The van der Waals surface area contributed by atoms with Crippen molar-refractivity contribution in [2.24, 2.45) is 5.92 Å². The maximum atomic E-state index is 2.29. The Morgan fingerprint density at radius 3 is 2.82 bits per heavy atom. The van der Waals surface area contributed by atoms with Gasteiger partial charge in [0, 0.05) is 5.57 Å². The standard InChI is InChI=1S/C16H16N/c1-17-12-6-10-14-9-5-11-15(16(14)17)13-7-3-2-4-8-13/h2-8,10-12,14H,9H2,1H3/q+1. The summed E-state index contributed by atoms with van der Waals surface area (Å²) in [6, 6.07) is 10.6. The Morgan fingerprint density at radius 2 is 2.00 bits per heavy atom. The van der Waals surface area contributed by atoms with Crippen molar-refractivity contribution in [3.63, 3.8) is 0 Å². The van der Waals surface area contributed by atoms with Crippen LogP contribution in [0.5, 0.6) is 0 Å². The van der Waals surface area contributed by atoms with Gasteiger partial charge in [-0.2, -0.15) is 0 Å². The van der Waals surface area contributed by atoms with Crippen LogP contribution in [0.2, 0.25) is 0 Å². The number of nitrogens with zero attached hydrogens (tertiary/aromatic N) is 1. The van der Waals surface area contributed by atoms with Gasteiger partial charge in [-0.3, -0.25) is 0 Å². The van der Waals surface area contributed by atoms with Gasteiger partial charge >= 0.3 is 0 Å². The molecule has 0 radical (unpaired) electrons. The van der Waals surface area contributed by atoms with E-state index in [0.29, 0.717) is 5.92 Å². The summed E-state index contributed by atoms with van der Waals surface area (Å²) < 4.78 is 2.25. The predicted molar refractivity (Wildman–Crippen MR) is 72.0 cm³/mol. The third-order valence-electron chi connectivity index (χ3n) is 3.42. The molecule has 1 unspecified atom stereocenters. The summed E-state index contributed by atoms with van der Waals surface area (Å²) in [5.74, 6) is 0.533. The summed E-state index contributed by atoms with van der Waals surface area (Å²) >= 11 is 0. The van der Waals surface area contributed by atoms with Crippen LogP contribution in [0.25, 0.3) is 5.57 Å². The molecule has 0 fully saturated rings. The summed E-state index contributed by atoms with van der Waals surface area (Å²) in [5, 5.41) is 0. The molecule has 0 aromatic heterocycles. The molecule has 1 atom stereocenters. The van der Waals surface area contributed by atoms with Crippen LogP contribution in [-0.2, 0) is 0 Å². The van der Waals surface area contributed by atoms with Crippen LogP contribution >= 0.6 is 0 Å². The second kappa shape index (κ2) is 4.17. The number of hydrogen-bond acceptors (Lipinski definition) is 0. The van der Waals surface area contributed by atoms with E-state index in [1.54, 1.807) is 0 Å². The zero-order chi connectivity index (χ0) is 11.7. The highest BCUT2D eigenvalue weighted by Gasteiger charge is 2.28. The van der Waals surface area contributed by atoms with Crippen molar-refractivity contribution in [2.75, 3.05) is 7.05 Å². The second-order valence-corrected chi connectivity index (χ2v) is 4.55. The molecule has 1 aromatic carbocycles. The van der Waals surface area contributed by atoms with Crippen LogP contribution in [-0.4, -0.2) is 17.8 Å². The van der Waals surface area contributed by atoms with Crippen molar-refractivity contribution >= 4 is 11.8 Å². The lowest BCUT2D eigenvalue weighted by Crippen LogP contribution is -2.20. The quantitative estimate of drug-likeness (QED) is 0.642. The lowest BCUT2D eigenvalue weighted by molar-refractivity contribution is -0.445. The summed E-state index contributed by atoms with van der Waals surface area (Å²) in [7, 11) is 2.13. The van der Waals surface area contributed by atoms with E-state index in [1.807, 2.05) is 0 Å². The zero-order valence-electron chi connectivity index (χ0n) is 10.0. The van der Waals surface area contributed by atoms with Crippen LogP contribution in [0.15, 0.2) is 60.3 Å². The zero-order valence-corrected chi connectivity index (χ0v) is 10.0. The van der Waals surface area contributed by atoms with E-state index in [9.17, 15) is 0 Å². The summed E-state index contributed by atoms with van der Waals surface area (Å²) in [4.78, 5) is 0. The Hall–Kier alpha value is -1.89. The average Bonchev–Trinajstić information content (AvgIpc) is 2.39. The molecule has 0 amide bonds. The Labute approximate surface area is 102 Å².